The smallest absolute Gasteiger partial charge is 0.306 e. The molecule has 1 aromatic carbocycles. The summed E-state index contributed by atoms with van der Waals surface area (Å²) in [6.45, 7) is 8.09. The van der Waals surface area contributed by atoms with Crippen LogP contribution in [0.3, 0.4) is 0 Å². The number of carboxylic acids is 1. The zero-order chi connectivity index (χ0) is 18.6. The minimum atomic E-state index is -0.735. The average molecular weight is 347 g/mol. The van der Waals surface area contributed by atoms with Crippen LogP contribution in [-0.4, -0.2) is 29.1 Å². The summed E-state index contributed by atoms with van der Waals surface area (Å²) in [7, 11) is 0. The monoisotopic (exact) mass is 347 g/mol. The van der Waals surface area contributed by atoms with Gasteiger partial charge in [-0.3, -0.25) is 9.59 Å². The van der Waals surface area contributed by atoms with Gasteiger partial charge in [-0.15, -0.1) is 0 Å². The van der Waals surface area contributed by atoms with Gasteiger partial charge in [-0.1, -0.05) is 19.9 Å². The highest BCUT2D eigenvalue weighted by Gasteiger charge is 2.28. The Hall–Kier alpha value is -2.04. The van der Waals surface area contributed by atoms with Crippen molar-refractivity contribution in [2.24, 2.45) is 5.92 Å². The van der Waals surface area contributed by atoms with Gasteiger partial charge in [0.05, 0.1) is 5.92 Å². The SMILES string of the molecule is Cc1cc(OC(C)C(=O)NC2CCC(C(=O)O)CC2)ccc1C(C)C. The van der Waals surface area contributed by atoms with Gasteiger partial charge in [-0.05, 0) is 68.7 Å². The van der Waals surface area contributed by atoms with E-state index in [4.69, 9.17) is 9.84 Å². The molecule has 2 rings (SSSR count). The zero-order valence-corrected chi connectivity index (χ0v) is 15.5. The summed E-state index contributed by atoms with van der Waals surface area (Å²) in [6.07, 6.45) is 2.06. The van der Waals surface area contributed by atoms with Gasteiger partial charge in [-0.2, -0.15) is 0 Å². The van der Waals surface area contributed by atoms with Crippen LogP contribution < -0.4 is 10.1 Å². The molecule has 1 amide bonds. The second kappa shape index (κ2) is 8.37. The van der Waals surface area contributed by atoms with Gasteiger partial charge < -0.3 is 15.2 Å². The Kier molecular flexibility index (Phi) is 6.45. The number of amides is 1. The number of ether oxygens (including phenoxy) is 1. The summed E-state index contributed by atoms with van der Waals surface area (Å²) in [5, 5.41) is 12.0. The lowest BCUT2D eigenvalue weighted by Crippen LogP contribution is -2.44. The fraction of sp³-hybridized carbons (Fsp3) is 0.600. The minimum absolute atomic E-state index is 0.0409. The van der Waals surface area contributed by atoms with E-state index in [1.807, 2.05) is 25.1 Å². The van der Waals surface area contributed by atoms with Crippen molar-refractivity contribution in [1.82, 2.24) is 5.32 Å². The van der Waals surface area contributed by atoms with Gasteiger partial charge >= 0.3 is 5.97 Å². The molecule has 1 aliphatic rings. The maximum Gasteiger partial charge on any atom is 0.306 e. The molecule has 0 bridgehead atoms. The van der Waals surface area contributed by atoms with Crippen LogP contribution in [0.15, 0.2) is 18.2 Å². The van der Waals surface area contributed by atoms with E-state index in [2.05, 4.69) is 19.2 Å². The molecule has 1 saturated carbocycles. The molecule has 0 aromatic heterocycles. The highest BCUT2D eigenvalue weighted by Crippen LogP contribution is 2.26. The molecule has 1 atom stereocenters. The Bertz CT molecular complexity index is 618. The average Bonchev–Trinajstić information content (AvgIpc) is 2.55. The first-order valence-corrected chi connectivity index (χ1v) is 9.08. The minimum Gasteiger partial charge on any atom is -0.481 e. The molecule has 138 valence electrons. The van der Waals surface area contributed by atoms with Crippen molar-refractivity contribution in [3.8, 4) is 5.75 Å². The quantitative estimate of drug-likeness (QED) is 0.824. The fourth-order valence-electron chi connectivity index (χ4n) is 3.43. The lowest BCUT2D eigenvalue weighted by atomic mass is 9.86. The van der Waals surface area contributed by atoms with Crippen LogP contribution in [-0.2, 0) is 9.59 Å². The first kappa shape index (κ1) is 19.3. The van der Waals surface area contributed by atoms with Crippen molar-refractivity contribution < 1.29 is 19.4 Å². The molecule has 5 heteroatoms. The molecule has 0 spiro atoms. The highest BCUT2D eigenvalue weighted by atomic mass is 16.5. The zero-order valence-electron chi connectivity index (χ0n) is 15.5. The van der Waals surface area contributed by atoms with Crippen molar-refractivity contribution in [2.75, 3.05) is 0 Å². The van der Waals surface area contributed by atoms with E-state index in [-0.39, 0.29) is 17.9 Å². The van der Waals surface area contributed by atoms with Crippen LogP contribution in [0.4, 0.5) is 0 Å². The van der Waals surface area contributed by atoms with Crippen LogP contribution in [0.2, 0.25) is 0 Å². The summed E-state index contributed by atoms with van der Waals surface area (Å²) < 4.78 is 5.79. The number of aliphatic carboxylic acids is 1. The maximum atomic E-state index is 12.3. The Morgan fingerprint density at radius 2 is 1.80 bits per heavy atom. The third-order valence-corrected chi connectivity index (χ3v) is 4.97. The van der Waals surface area contributed by atoms with Crippen molar-refractivity contribution in [3.05, 3.63) is 29.3 Å². The van der Waals surface area contributed by atoms with Crippen molar-refractivity contribution >= 4 is 11.9 Å². The van der Waals surface area contributed by atoms with Crippen molar-refractivity contribution in [3.63, 3.8) is 0 Å². The standard InChI is InChI=1S/C20H29NO4/c1-12(2)18-10-9-17(11-13(18)3)25-14(4)19(22)21-16-7-5-15(6-8-16)20(23)24/h9-12,14-16H,5-8H2,1-4H3,(H,21,22)(H,23,24). The molecule has 1 unspecified atom stereocenters. The Morgan fingerprint density at radius 3 is 2.32 bits per heavy atom. The van der Waals surface area contributed by atoms with Gasteiger partial charge in [0, 0.05) is 6.04 Å². The van der Waals surface area contributed by atoms with Crippen molar-refractivity contribution in [2.45, 2.75) is 71.4 Å². The summed E-state index contributed by atoms with van der Waals surface area (Å²) in [4.78, 5) is 23.3. The largest absolute Gasteiger partial charge is 0.481 e. The van der Waals surface area contributed by atoms with Crippen LogP contribution in [0, 0.1) is 12.8 Å². The lowest BCUT2D eigenvalue weighted by molar-refractivity contribution is -0.142. The van der Waals surface area contributed by atoms with Crippen LogP contribution in [0.25, 0.3) is 0 Å². The molecule has 1 aromatic rings. The van der Waals surface area contributed by atoms with E-state index in [0.717, 1.165) is 5.56 Å². The molecule has 0 aliphatic heterocycles. The third kappa shape index (κ3) is 5.21. The highest BCUT2D eigenvalue weighted by molar-refractivity contribution is 5.81. The molecular weight excluding hydrogens is 318 g/mol. The molecular formula is C20H29NO4. The number of benzene rings is 1. The van der Waals surface area contributed by atoms with Crippen LogP contribution in [0.5, 0.6) is 5.75 Å². The molecule has 25 heavy (non-hydrogen) atoms. The summed E-state index contributed by atoms with van der Waals surface area (Å²) in [5.74, 6) is -0.00911. The van der Waals surface area contributed by atoms with E-state index in [0.29, 0.717) is 37.4 Å². The topological polar surface area (TPSA) is 75.6 Å². The van der Waals surface area contributed by atoms with Crippen LogP contribution >= 0.6 is 0 Å². The van der Waals surface area contributed by atoms with E-state index in [9.17, 15) is 9.59 Å². The lowest BCUT2D eigenvalue weighted by Gasteiger charge is -2.28. The number of aryl methyl sites for hydroxylation is 1. The molecule has 0 saturated heterocycles. The normalized spacial score (nSPS) is 21.6. The summed E-state index contributed by atoms with van der Waals surface area (Å²) in [5.41, 5.74) is 2.44. The van der Waals surface area contributed by atoms with Crippen LogP contribution in [0.1, 0.15) is 63.5 Å². The summed E-state index contributed by atoms with van der Waals surface area (Å²) in [6, 6.07) is 5.97. The molecule has 5 nitrogen and oxygen atoms in total. The van der Waals surface area contributed by atoms with Crippen molar-refractivity contribution in [1.29, 1.82) is 0 Å². The van der Waals surface area contributed by atoms with E-state index in [1.54, 1.807) is 6.92 Å². The number of carboxylic acid groups (broad SMARTS) is 1. The van der Waals surface area contributed by atoms with Gasteiger partial charge in [0.1, 0.15) is 5.75 Å². The van der Waals surface area contributed by atoms with Gasteiger partial charge in [0.15, 0.2) is 6.10 Å². The number of hydrogen-bond donors (Lipinski definition) is 2. The molecule has 2 N–H and O–H groups in total. The molecule has 1 fully saturated rings. The van der Waals surface area contributed by atoms with E-state index < -0.39 is 12.1 Å². The Morgan fingerprint density at radius 1 is 1.16 bits per heavy atom. The summed E-state index contributed by atoms with van der Waals surface area (Å²) >= 11 is 0. The fourth-order valence-corrected chi connectivity index (χ4v) is 3.43. The Balaban J connectivity index is 1.86. The molecule has 0 heterocycles. The molecule has 1 aliphatic carbocycles. The predicted molar refractivity (Wildman–Crippen MR) is 96.9 cm³/mol. The number of carbonyl (C=O) groups excluding carboxylic acids is 1. The van der Waals surface area contributed by atoms with E-state index >= 15 is 0 Å². The van der Waals surface area contributed by atoms with E-state index in [1.165, 1.54) is 5.56 Å². The number of hydrogen-bond acceptors (Lipinski definition) is 3. The Labute approximate surface area is 149 Å². The first-order valence-electron chi connectivity index (χ1n) is 9.08. The number of nitrogens with one attached hydrogen (secondary N) is 1. The molecule has 0 radical (unpaired) electrons. The maximum absolute atomic E-state index is 12.3. The van der Waals surface area contributed by atoms with Gasteiger partial charge in [0.25, 0.3) is 5.91 Å². The number of carbonyl (C=O) groups is 2. The number of rotatable bonds is 6. The second-order valence-electron chi connectivity index (χ2n) is 7.33. The van der Waals surface area contributed by atoms with Gasteiger partial charge in [0.2, 0.25) is 0 Å². The van der Waals surface area contributed by atoms with Gasteiger partial charge in [-0.25, -0.2) is 0 Å². The first-order chi connectivity index (χ1) is 11.8. The second-order valence-corrected chi connectivity index (χ2v) is 7.33. The third-order valence-electron chi connectivity index (χ3n) is 4.97. The predicted octanol–water partition coefficient (Wildman–Crippen LogP) is 3.65.